The molecule has 2 heterocycles. The molecule has 0 aliphatic carbocycles. The molecule has 27 heavy (non-hydrogen) atoms. The number of urea groups is 1. The van der Waals surface area contributed by atoms with Crippen molar-refractivity contribution in [3.63, 3.8) is 0 Å². The predicted octanol–water partition coefficient (Wildman–Crippen LogP) is -0.710. The van der Waals surface area contributed by atoms with Crippen molar-refractivity contribution in [2.45, 2.75) is 13.0 Å². The number of hydrazone groups is 1. The number of imide groups is 1. The fourth-order valence-electron chi connectivity index (χ4n) is 2.98. The Labute approximate surface area is 156 Å². The Hall–Kier alpha value is -3.58. The number of likely N-dealkylation sites (N-methyl/N-ethyl adjacent to an activating group) is 2. The summed E-state index contributed by atoms with van der Waals surface area (Å²) in [5.74, 6) is 0.119. The van der Waals surface area contributed by atoms with E-state index >= 15 is 0 Å². The van der Waals surface area contributed by atoms with Crippen LogP contribution < -0.4 is 15.2 Å². The number of hydrogen-bond donors (Lipinski definition) is 1. The van der Waals surface area contributed by atoms with Gasteiger partial charge in [-0.05, 0) is 12.5 Å². The molecule has 1 saturated heterocycles. The van der Waals surface area contributed by atoms with Gasteiger partial charge in [0.15, 0.2) is 0 Å². The summed E-state index contributed by atoms with van der Waals surface area (Å²) in [7, 11) is 3.00. The van der Waals surface area contributed by atoms with Crippen molar-refractivity contribution in [1.29, 1.82) is 0 Å². The standard InChI is InChI=1S/C18H20N6O3/c1-5-10-24-14-15(22(3)18(27)23(4)16(14)26)19-17(24)21-20-11(2)12-8-6-7-9-13(12)25/h5-9,14H,1,10H2,2-4H3,(H,20,25). The minimum atomic E-state index is -0.736. The third-order valence-corrected chi connectivity index (χ3v) is 4.46. The Morgan fingerprint density at radius 3 is 2.70 bits per heavy atom. The summed E-state index contributed by atoms with van der Waals surface area (Å²) in [4.78, 5) is 28.8. The van der Waals surface area contributed by atoms with Crippen molar-refractivity contribution in [2.75, 3.05) is 20.6 Å². The van der Waals surface area contributed by atoms with Crippen LogP contribution in [0.5, 0.6) is 5.75 Å². The van der Waals surface area contributed by atoms with E-state index in [1.165, 1.54) is 18.0 Å². The van der Waals surface area contributed by atoms with Crippen LogP contribution >= 0.6 is 0 Å². The molecule has 0 saturated carbocycles. The van der Waals surface area contributed by atoms with Crippen LogP contribution in [0.1, 0.15) is 12.5 Å². The van der Waals surface area contributed by atoms with Crippen LogP contribution in [0.15, 0.2) is 42.0 Å². The number of amides is 3. The fraction of sp³-hybridized carbons (Fsp3) is 0.278. The molecule has 9 nitrogen and oxygen atoms in total. The second-order valence-corrected chi connectivity index (χ2v) is 6.18. The van der Waals surface area contributed by atoms with Crippen LogP contribution in [0.3, 0.4) is 0 Å². The van der Waals surface area contributed by atoms with Gasteiger partial charge in [0, 0.05) is 7.05 Å². The average molecular weight is 368 g/mol. The van der Waals surface area contributed by atoms with Crippen LogP contribution in [0.25, 0.3) is 0 Å². The molecule has 1 fully saturated rings. The van der Waals surface area contributed by atoms with E-state index in [1.54, 1.807) is 43.1 Å². The van der Waals surface area contributed by atoms with Crippen LogP contribution in [-0.4, -0.2) is 70.8 Å². The van der Waals surface area contributed by atoms with Gasteiger partial charge in [-0.2, -0.15) is 5.43 Å². The lowest BCUT2D eigenvalue weighted by atomic mass is 10.1. The van der Waals surface area contributed by atoms with E-state index in [0.29, 0.717) is 29.6 Å². The number of benzene rings is 1. The average Bonchev–Trinajstić information content (AvgIpc) is 3.02. The molecule has 0 spiro atoms. The number of guanidine groups is 1. The SMILES string of the molecule is C=CCN1C(N/N=C(\C)c2ccccc2[O-])=[N+]=C2C1C(=O)N(C)C(=O)N2C. The lowest BCUT2D eigenvalue weighted by Crippen LogP contribution is -2.64. The molecule has 0 radical (unpaired) electrons. The first-order chi connectivity index (χ1) is 12.9. The van der Waals surface area contributed by atoms with Gasteiger partial charge in [0.25, 0.3) is 5.91 Å². The maximum absolute atomic E-state index is 12.6. The Morgan fingerprint density at radius 1 is 1.33 bits per heavy atom. The Balaban J connectivity index is 1.94. The molecule has 9 heteroatoms. The summed E-state index contributed by atoms with van der Waals surface area (Å²) in [5, 5.41) is 16.2. The number of para-hydroxylation sites is 1. The zero-order valence-corrected chi connectivity index (χ0v) is 15.3. The first kappa shape index (κ1) is 18.2. The molecule has 1 aromatic carbocycles. The molecule has 1 N–H and O–H groups in total. The number of rotatable bonds is 4. The zero-order chi connectivity index (χ0) is 19.7. The van der Waals surface area contributed by atoms with Gasteiger partial charge in [-0.15, -0.1) is 11.7 Å². The highest BCUT2D eigenvalue weighted by Crippen LogP contribution is 2.18. The van der Waals surface area contributed by atoms with Gasteiger partial charge in [0.1, 0.15) is 0 Å². The summed E-state index contributed by atoms with van der Waals surface area (Å²) in [6.07, 6.45) is 1.63. The predicted molar refractivity (Wildman–Crippen MR) is 100 cm³/mol. The number of nitrogens with zero attached hydrogens (tertiary/aromatic N) is 5. The number of fused-ring (bicyclic) bond motifs is 1. The van der Waals surface area contributed by atoms with E-state index in [-0.39, 0.29) is 11.7 Å². The van der Waals surface area contributed by atoms with Gasteiger partial charge >= 0.3 is 17.8 Å². The van der Waals surface area contributed by atoms with E-state index in [9.17, 15) is 14.7 Å². The number of amidine groups is 1. The lowest BCUT2D eigenvalue weighted by Gasteiger charge is -2.31. The maximum atomic E-state index is 12.6. The van der Waals surface area contributed by atoms with Crippen molar-refractivity contribution in [1.82, 2.24) is 24.8 Å². The van der Waals surface area contributed by atoms with E-state index in [0.717, 1.165) is 4.90 Å². The van der Waals surface area contributed by atoms with Crippen molar-refractivity contribution in [2.24, 2.45) is 5.10 Å². The van der Waals surface area contributed by atoms with Crippen LogP contribution in [0, 0.1) is 0 Å². The van der Waals surface area contributed by atoms with Gasteiger partial charge in [-0.1, -0.05) is 36.1 Å². The molecule has 1 unspecified atom stereocenters. The second kappa shape index (κ2) is 6.97. The van der Waals surface area contributed by atoms with Gasteiger partial charge in [0.2, 0.25) is 6.04 Å². The third-order valence-electron chi connectivity index (χ3n) is 4.46. The highest BCUT2D eigenvalue weighted by Gasteiger charge is 2.54. The maximum Gasteiger partial charge on any atom is 0.421 e. The largest absolute Gasteiger partial charge is 0.872 e. The first-order valence-corrected chi connectivity index (χ1v) is 8.31. The fourth-order valence-corrected chi connectivity index (χ4v) is 2.98. The van der Waals surface area contributed by atoms with Crippen LogP contribution in [-0.2, 0) is 4.79 Å². The summed E-state index contributed by atoms with van der Waals surface area (Å²) < 4.78 is 4.39. The van der Waals surface area contributed by atoms with E-state index < -0.39 is 12.1 Å². The quantitative estimate of drug-likeness (QED) is 0.327. The zero-order valence-electron chi connectivity index (χ0n) is 15.3. The minimum absolute atomic E-state index is 0.137. The molecule has 0 aromatic heterocycles. The van der Waals surface area contributed by atoms with E-state index in [1.807, 2.05) is 0 Å². The molecule has 1 atom stereocenters. The first-order valence-electron chi connectivity index (χ1n) is 8.31. The summed E-state index contributed by atoms with van der Waals surface area (Å²) >= 11 is 0. The van der Waals surface area contributed by atoms with Gasteiger partial charge in [-0.3, -0.25) is 9.69 Å². The van der Waals surface area contributed by atoms with Crippen molar-refractivity contribution >= 4 is 29.4 Å². The summed E-state index contributed by atoms with van der Waals surface area (Å²) in [6, 6.07) is 5.38. The molecule has 2 aliphatic rings. The van der Waals surface area contributed by atoms with Crippen molar-refractivity contribution in [3.8, 4) is 5.75 Å². The molecule has 3 rings (SSSR count). The highest BCUT2D eigenvalue weighted by atomic mass is 16.3. The highest BCUT2D eigenvalue weighted by molar-refractivity contribution is 6.23. The molecular weight excluding hydrogens is 348 g/mol. The van der Waals surface area contributed by atoms with Gasteiger partial charge in [-0.25, -0.2) is 19.3 Å². The Morgan fingerprint density at radius 2 is 2.04 bits per heavy atom. The summed E-state index contributed by atoms with van der Waals surface area (Å²) in [5.41, 5.74) is 3.76. The smallest absolute Gasteiger partial charge is 0.421 e. The van der Waals surface area contributed by atoms with E-state index in [2.05, 4.69) is 21.8 Å². The van der Waals surface area contributed by atoms with Crippen LogP contribution in [0.2, 0.25) is 0 Å². The number of hydrogen-bond acceptors (Lipinski definition) is 6. The third kappa shape index (κ3) is 3.04. The minimum Gasteiger partial charge on any atom is -0.872 e. The normalized spacial score (nSPS) is 19.7. The topological polar surface area (TPSA) is 105 Å². The number of carbonyl (C=O) groups is 2. The summed E-state index contributed by atoms with van der Waals surface area (Å²) in [6.45, 7) is 5.74. The van der Waals surface area contributed by atoms with Crippen LogP contribution in [0.4, 0.5) is 4.79 Å². The molecule has 2 aliphatic heterocycles. The van der Waals surface area contributed by atoms with Gasteiger partial charge < -0.3 is 5.11 Å². The molecular formula is C18H20N6O3. The van der Waals surface area contributed by atoms with Crippen molar-refractivity contribution in [3.05, 3.63) is 42.5 Å². The number of nitrogens with one attached hydrogen (secondary N) is 1. The van der Waals surface area contributed by atoms with Gasteiger partial charge in [0.05, 0.1) is 19.3 Å². The van der Waals surface area contributed by atoms with E-state index in [4.69, 9.17) is 0 Å². The monoisotopic (exact) mass is 368 g/mol. The lowest BCUT2D eigenvalue weighted by molar-refractivity contribution is -0.268. The molecule has 140 valence electrons. The Bertz CT molecular complexity index is 915. The molecule has 0 bridgehead atoms. The molecule has 1 aromatic rings. The van der Waals surface area contributed by atoms with Crippen molar-refractivity contribution < 1.29 is 14.7 Å². The Kier molecular flexibility index (Phi) is 4.70. The molecule has 3 amide bonds. The number of carbonyl (C=O) groups excluding carboxylic acids is 2. The second-order valence-electron chi connectivity index (χ2n) is 6.18.